The predicted octanol–water partition coefficient (Wildman–Crippen LogP) is 4.12. The molecule has 0 spiro atoms. The number of hydrogen-bond acceptors (Lipinski definition) is 2. The molecule has 1 aliphatic heterocycles. The first-order valence-corrected chi connectivity index (χ1v) is 10.3. The highest BCUT2D eigenvalue weighted by Gasteiger charge is 2.24. The molecule has 1 aromatic carbocycles. The topological polar surface area (TPSA) is 45.5 Å². The lowest BCUT2D eigenvalue weighted by Gasteiger charge is -2.21. The maximum atomic E-state index is 4.88. The largest absolute Gasteiger partial charge is 0.357 e. The second-order valence-electron chi connectivity index (χ2n) is 7.40. The number of rotatable bonds is 8. The number of halogens is 1. The van der Waals surface area contributed by atoms with Crippen molar-refractivity contribution in [2.75, 3.05) is 26.2 Å². The molecule has 0 radical (unpaired) electrons. The minimum Gasteiger partial charge on any atom is -0.357 e. The maximum absolute atomic E-state index is 4.88. The zero-order chi connectivity index (χ0) is 18.9. The van der Waals surface area contributed by atoms with Gasteiger partial charge in [-0.2, -0.15) is 0 Å². The monoisotopic (exact) mass is 495 g/mol. The van der Waals surface area contributed by atoms with Crippen molar-refractivity contribution < 1.29 is 0 Å². The molecule has 6 heteroatoms. The van der Waals surface area contributed by atoms with E-state index >= 15 is 0 Å². The number of nitrogens with zero attached hydrogens (tertiary/aromatic N) is 4. The van der Waals surface area contributed by atoms with Gasteiger partial charge in [0.1, 0.15) is 5.82 Å². The fourth-order valence-corrected chi connectivity index (χ4v) is 3.78. The standard InChI is InChI=1S/C22H33N5.HI/c1-3-23-22(25-12-7-8-14-26-16-13-24-19(26)2)27-15-11-21(18-27)17-20-9-5-4-6-10-20;/h4-6,9-10,13,16,21H,3,7-8,11-12,14-15,17-18H2,1-2H3,(H,23,25);1H. The third kappa shape index (κ3) is 6.79. The van der Waals surface area contributed by atoms with Crippen LogP contribution in [0.5, 0.6) is 0 Å². The Bertz CT molecular complexity index is 713. The Kier molecular flexibility index (Phi) is 9.81. The Balaban J connectivity index is 0.00000280. The van der Waals surface area contributed by atoms with Crippen molar-refractivity contribution in [3.8, 4) is 0 Å². The highest BCUT2D eigenvalue weighted by Crippen LogP contribution is 2.21. The first kappa shape index (κ1) is 22.7. The van der Waals surface area contributed by atoms with Crippen LogP contribution in [0.1, 0.15) is 37.6 Å². The summed E-state index contributed by atoms with van der Waals surface area (Å²) >= 11 is 0. The van der Waals surface area contributed by atoms with Crippen LogP contribution in [0.2, 0.25) is 0 Å². The van der Waals surface area contributed by atoms with Crippen LogP contribution in [0, 0.1) is 12.8 Å². The van der Waals surface area contributed by atoms with E-state index in [2.05, 4.69) is 70.1 Å². The molecule has 1 atom stereocenters. The molecule has 1 aromatic heterocycles. The Labute approximate surface area is 186 Å². The third-order valence-corrected chi connectivity index (χ3v) is 5.28. The zero-order valence-corrected chi connectivity index (χ0v) is 19.5. The fraction of sp³-hybridized carbons (Fsp3) is 0.545. The van der Waals surface area contributed by atoms with Gasteiger partial charge >= 0.3 is 0 Å². The van der Waals surface area contributed by atoms with E-state index in [0.29, 0.717) is 0 Å². The van der Waals surface area contributed by atoms with E-state index in [1.165, 1.54) is 18.4 Å². The molecule has 0 bridgehead atoms. The average molecular weight is 495 g/mol. The third-order valence-electron chi connectivity index (χ3n) is 5.28. The number of aliphatic imine (C=N–C) groups is 1. The van der Waals surface area contributed by atoms with Gasteiger partial charge in [-0.1, -0.05) is 30.3 Å². The SMILES string of the molecule is CCNC(=NCCCCn1ccnc1C)N1CCC(Cc2ccccc2)C1.I. The summed E-state index contributed by atoms with van der Waals surface area (Å²) < 4.78 is 2.21. The summed E-state index contributed by atoms with van der Waals surface area (Å²) in [7, 11) is 0. The molecule has 0 amide bonds. The molecule has 2 aromatic rings. The highest BCUT2D eigenvalue weighted by atomic mass is 127. The molecule has 1 unspecified atom stereocenters. The molecule has 1 N–H and O–H groups in total. The summed E-state index contributed by atoms with van der Waals surface area (Å²) in [5.41, 5.74) is 1.45. The Morgan fingerprint density at radius 3 is 2.79 bits per heavy atom. The van der Waals surface area contributed by atoms with Gasteiger partial charge < -0.3 is 14.8 Å². The van der Waals surface area contributed by atoms with Gasteiger partial charge in [-0.25, -0.2) is 4.98 Å². The number of unbranched alkanes of at least 4 members (excludes halogenated alkanes) is 1. The quantitative estimate of drug-likeness (QED) is 0.260. The molecule has 1 saturated heterocycles. The van der Waals surface area contributed by atoms with Crippen LogP contribution < -0.4 is 5.32 Å². The first-order chi connectivity index (χ1) is 13.3. The molecular weight excluding hydrogens is 461 g/mol. The van der Waals surface area contributed by atoms with Crippen LogP contribution in [-0.2, 0) is 13.0 Å². The highest BCUT2D eigenvalue weighted by molar-refractivity contribution is 14.0. The number of likely N-dealkylation sites (tertiary alicyclic amines) is 1. The summed E-state index contributed by atoms with van der Waals surface area (Å²) in [6.07, 6.45) is 8.58. The van der Waals surface area contributed by atoms with E-state index in [-0.39, 0.29) is 24.0 Å². The van der Waals surface area contributed by atoms with Crippen molar-refractivity contribution in [2.24, 2.45) is 10.9 Å². The van der Waals surface area contributed by atoms with Crippen molar-refractivity contribution in [2.45, 2.75) is 46.1 Å². The summed E-state index contributed by atoms with van der Waals surface area (Å²) in [5, 5.41) is 3.48. The van der Waals surface area contributed by atoms with Crippen molar-refractivity contribution in [3.63, 3.8) is 0 Å². The van der Waals surface area contributed by atoms with Gasteiger partial charge in [0.25, 0.3) is 0 Å². The van der Waals surface area contributed by atoms with Gasteiger partial charge in [0, 0.05) is 45.1 Å². The number of hydrogen-bond donors (Lipinski definition) is 1. The number of nitrogens with one attached hydrogen (secondary N) is 1. The van der Waals surface area contributed by atoms with Crippen LogP contribution in [-0.4, -0.2) is 46.6 Å². The van der Waals surface area contributed by atoms with Crippen LogP contribution in [0.25, 0.3) is 0 Å². The molecule has 5 nitrogen and oxygen atoms in total. The molecule has 3 rings (SSSR count). The number of aryl methyl sites for hydroxylation is 2. The lowest BCUT2D eigenvalue weighted by atomic mass is 9.99. The summed E-state index contributed by atoms with van der Waals surface area (Å²) in [4.78, 5) is 11.6. The Hall–Kier alpha value is -1.57. The van der Waals surface area contributed by atoms with Crippen LogP contribution >= 0.6 is 24.0 Å². The number of benzene rings is 1. The van der Waals surface area contributed by atoms with Crippen molar-refractivity contribution in [1.82, 2.24) is 19.8 Å². The molecule has 1 aliphatic rings. The van der Waals surface area contributed by atoms with E-state index in [4.69, 9.17) is 4.99 Å². The summed E-state index contributed by atoms with van der Waals surface area (Å²) in [5.74, 6) is 2.90. The molecule has 1 fully saturated rings. The Morgan fingerprint density at radius 1 is 1.25 bits per heavy atom. The summed E-state index contributed by atoms with van der Waals surface area (Å²) in [6, 6.07) is 10.8. The molecule has 154 valence electrons. The second-order valence-corrected chi connectivity index (χ2v) is 7.40. The Morgan fingerprint density at radius 2 is 2.07 bits per heavy atom. The van der Waals surface area contributed by atoms with Crippen molar-refractivity contribution >= 4 is 29.9 Å². The van der Waals surface area contributed by atoms with Crippen LogP contribution in [0.3, 0.4) is 0 Å². The lowest BCUT2D eigenvalue weighted by molar-refractivity contribution is 0.459. The van der Waals surface area contributed by atoms with Gasteiger partial charge in [0.2, 0.25) is 0 Å². The van der Waals surface area contributed by atoms with Gasteiger partial charge in [-0.3, -0.25) is 4.99 Å². The zero-order valence-electron chi connectivity index (χ0n) is 17.2. The molecule has 28 heavy (non-hydrogen) atoms. The molecule has 0 aliphatic carbocycles. The fourth-order valence-electron chi connectivity index (χ4n) is 3.78. The lowest BCUT2D eigenvalue weighted by Crippen LogP contribution is -2.40. The van der Waals surface area contributed by atoms with Gasteiger partial charge in [0.05, 0.1) is 0 Å². The van der Waals surface area contributed by atoms with Crippen LogP contribution in [0.15, 0.2) is 47.7 Å². The van der Waals surface area contributed by atoms with E-state index in [1.807, 2.05) is 6.20 Å². The molecule has 2 heterocycles. The van der Waals surface area contributed by atoms with E-state index in [0.717, 1.165) is 63.3 Å². The average Bonchev–Trinajstić information content (AvgIpc) is 3.31. The second kappa shape index (κ2) is 12.1. The van der Waals surface area contributed by atoms with Crippen molar-refractivity contribution in [1.29, 1.82) is 0 Å². The number of guanidine groups is 1. The minimum atomic E-state index is 0. The van der Waals surface area contributed by atoms with Gasteiger partial charge in [0.15, 0.2) is 5.96 Å². The maximum Gasteiger partial charge on any atom is 0.193 e. The first-order valence-electron chi connectivity index (χ1n) is 10.3. The van der Waals surface area contributed by atoms with Gasteiger partial charge in [-0.15, -0.1) is 24.0 Å². The van der Waals surface area contributed by atoms with Crippen LogP contribution in [0.4, 0.5) is 0 Å². The minimum absolute atomic E-state index is 0. The van der Waals surface area contributed by atoms with E-state index in [9.17, 15) is 0 Å². The number of imidazole rings is 1. The van der Waals surface area contributed by atoms with E-state index < -0.39 is 0 Å². The van der Waals surface area contributed by atoms with E-state index in [1.54, 1.807) is 0 Å². The summed E-state index contributed by atoms with van der Waals surface area (Å²) in [6.45, 7) is 9.26. The predicted molar refractivity (Wildman–Crippen MR) is 127 cm³/mol. The van der Waals surface area contributed by atoms with Gasteiger partial charge in [-0.05, 0) is 51.0 Å². The number of aromatic nitrogens is 2. The normalized spacial score (nSPS) is 16.9. The smallest absolute Gasteiger partial charge is 0.193 e. The molecular formula is C22H34IN5. The molecule has 0 saturated carbocycles. The van der Waals surface area contributed by atoms with Crippen molar-refractivity contribution in [3.05, 3.63) is 54.1 Å².